The van der Waals surface area contributed by atoms with Crippen LogP contribution in [0.15, 0.2) is 60.8 Å². The SMILES string of the molecule is Cc1ccccc1CNC(=O)c1ccnc(Nc2ccccc2F)n1. The lowest BCUT2D eigenvalue weighted by atomic mass is 10.1. The molecular formula is C19H17FN4O. The Morgan fingerprint density at radius 2 is 1.84 bits per heavy atom. The number of amides is 1. The van der Waals surface area contributed by atoms with Crippen LogP contribution < -0.4 is 10.6 Å². The fourth-order valence-electron chi connectivity index (χ4n) is 2.30. The smallest absolute Gasteiger partial charge is 0.270 e. The summed E-state index contributed by atoms with van der Waals surface area (Å²) in [6, 6.07) is 15.5. The first-order chi connectivity index (χ1) is 12.1. The molecule has 0 saturated heterocycles. The van der Waals surface area contributed by atoms with E-state index >= 15 is 0 Å². The summed E-state index contributed by atoms with van der Waals surface area (Å²) in [5.74, 6) is -0.573. The fourth-order valence-corrected chi connectivity index (χ4v) is 2.30. The largest absolute Gasteiger partial charge is 0.347 e. The van der Waals surface area contributed by atoms with Crippen molar-refractivity contribution in [1.82, 2.24) is 15.3 Å². The number of nitrogens with zero attached hydrogens (tertiary/aromatic N) is 2. The number of para-hydroxylation sites is 1. The normalized spacial score (nSPS) is 10.3. The van der Waals surface area contributed by atoms with Crippen molar-refractivity contribution in [3.8, 4) is 0 Å². The first kappa shape index (κ1) is 16.6. The van der Waals surface area contributed by atoms with Crippen LogP contribution in [0.4, 0.5) is 16.0 Å². The Bertz CT molecular complexity index is 898. The van der Waals surface area contributed by atoms with E-state index in [2.05, 4.69) is 20.6 Å². The van der Waals surface area contributed by atoms with Crippen molar-refractivity contribution in [2.45, 2.75) is 13.5 Å². The number of aryl methyl sites for hydroxylation is 1. The van der Waals surface area contributed by atoms with Gasteiger partial charge in [0.25, 0.3) is 5.91 Å². The van der Waals surface area contributed by atoms with Gasteiger partial charge in [0.1, 0.15) is 11.5 Å². The third kappa shape index (κ3) is 4.17. The van der Waals surface area contributed by atoms with Crippen LogP contribution >= 0.6 is 0 Å². The second-order valence-corrected chi connectivity index (χ2v) is 5.48. The Labute approximate surface area is 145 Å². The summed E-state index contributed by atoms with van der Waals surface area (Å²) in [4.78, 5) is 20.5. The predicted molar refractivity (Wildman–Crippen MR) is 94.1 cm³/mol. The van der Waals surface area contributed by atoms with Crippen molar-refractivity contribution in [3.05, 3.63) is 83.4 Å². The maximum Gasteiger partial charge on any atom is 0.270 e. The summed E-state index contributed by atoms with van der Waals surface area (Å²) < 4.78 is 13.7. The predicted octanol–water partition coefficient (Wildman–Crippen LogP) is 3.60. The van der Waals surface area contributed by atoms with Gasteiger partial charge < -0.3 is 10.6 Å². The molecule has 1 amide bonds. The van der Waals surface area contributed by atoms with E-state index in [9.17, 15) is 9.18 Å². The van der Waals surface area contributed by atoms with Crippen LogP contribution in [0, 0.1) is 12.7 Å². The summed E-state index contributed by atoms with van der Waals surface area (Å²) >= 11 is 0. The highest BCUT2D eigenvalue weighted by Gasteiger charge is 2.10. The highest BCUT2D eigenvalue weighted by Crippen LogP contribution is 2.16. The molecule has 6 heteroatoms. The molecular weight excluding hydrogens is 319 g/mol. The lowest BCUT2D eigenvalue weighted by molar-refractivity contribution is 0.0946. The van der Waals surface area contributed by atoms with E-state index in [0.29, 0.717) is 6.54 Å². The molecule has 126 valence electrons. The highest BCUT2D eigenvalue weighted by molar-refractivity contribution is 5.92. The average molecular weight is 336 g/mol. The maximum absolute atomic E-state index is 13.7. The number of aromatic nitrogens is 2. The van der Waals surface area contributed by atoms with E-state index in [0.717, 1.165) is 11.1 Å². The van der Waals surface area contributed by atoms with E-state index in [1.54, 1.807) is 18.2 Å². The molecule has 3 aromatic rings. The first-order valence-electron chi connectivity index (χ1n) is 7.81. The second-order valence-electron chi connectivity index (χ2n) is 5.48. The third-order valence-corrected chi connectivity index (χ3v) is 3.71. The fraction of sp³-hybridized carbons (Fsp3) is 0.105. The second kappa shape index (κ2) is 7.53. The van der Waals surface area contributed by atoms with Gasteiger partial charge in [-0.2, -0.15) is 0 Å². The lowest BCUT2D eigenvalue weighted by Gasteiger charge is -2.09. The molecule has 1 aromatic heterocycles. The molecule has 2 N–H and O–H groups in total. The molecule has 0 atom stereocenters. The number of hydrogen-bond acceptors (Lipinski definition) is 4. The molecule has 25 heavy (non-hydrogen) atoms. The Morgan fingerprint density at radius 3 is 2.64 bits per heavy atom. The van der Waals surface area contributed by atoms with Crippen molar-refractivity contribution in [3.63, 3.8) is 0 Å². The number of rotatable bonds is 5. The van der Waals surface area contributed by atoms with E-state index < -0.39 is 5.82 Å². The molecule has 0 radical (unpaired) electrons. The molecule has 0 bridgehead atoms. The van der Waals surface area contributed by atoms with Gasteiger partial charge in [-0.25, -0.2) is 14.4 Å². The molecule has 0 fully saturated rings. The van der Waals surface area contributed by atoms with Gasteiger partial charge in [0, 0.05) is 12.7 Å². The minimum absolute atomic E-state index is 0.161. The molecule has 0 aliphatic carbocycles. The lowest BCUT2D eigenvalue weighted by Crippen LogP contribution is -2.24. The van der Waals surface area contributed by atoms with Gasteiger partial charge in [0.15, 0.2) is 0 Å². The standard InChI is InChI=1S/C19H17FN4O/c1-13-6-2-3-7-14(13)12-22-18(25)17-10-11-21-19(24-17)23-16-9-5-4-8-15(16)20/h2-11H,12H2,1H3,(H,22,25)(H,21,23,24). The number of halogens is 1. The van der Waals surface area contributed by atoms with Crippen molar-refractivity contribution >= 4 is 17.5 Å². The molecule has 3 rings (SSSR count). The van der Waals surface area contributed by atoms with Gasteiger partial charge in [0.2, 0.25) is 5.95 Å². The number of hydrogen-bond donors (Lipinski definition) is 2. The molecule has 0 unspecified atom stereocenters. The zero-order valence-electron chi connectivity index (χ0n) is 13.7. The Kier molecular flexibility index (Phi) is 4.99. The van der Waals surface area contributed by atoms with Crippen LogP contribution in [0.25, 0.3) is 0 Å². The summed E-state index contributed by atoms with van der Waals surface area (Å²) in [5.41, 5.74) is 2.60. The summed E-state index contributed by atoms with van der Waals surface area (Å²) in [7, 11) is 0. The molecule has 0 saturated carbocycles. The molecule has 2 aromatic carbocycles. The van der Waals surface area contributed by atoms with Crippen LogP contribution in [0.2, 0.25) is 0 Å². The summed E-state index contributed by atoms with van der Waals surface area (Å²) in [5, 5.41) is 5.60. The van der Waals surface area contributed by atoms with Crippen LogP contribution in [0.5, 0.6) is 0 Å². The highest BCUT2D eigenvalue weighted by atomic mass is 19.1. The van der Waals surface area contributed by atoms with E-state index in [4.69, 9.17) is 0 Å². The van der Waals surface area contributed by atoms with E-state index in [-0.39, 0.29) is 23.2 Å². The zero-order chi connectivity index (χ0) is 17.6. The van der Waals surface area contributed by atoms with Crippen LogP contribution in [-0.2, 0) is 6.54 Å². The quantitative estimate of drug-likeness (QED) is 0.747. The topological polar surface area (TPSA) is 66.9 Å². The molecule has 5 nitrogen and oxygen atoms in total. The first-order valence-corrected chi connectivity index (χ1v) is 7.81. The number of benzene rings is 2. The Hall–Kier alpha value is -3.28. The van der Waals surface area contributed by atoms with Crippen LogP contribution in [0.3, 0.4) is 0 Å². The van der Waals surface area contributed by atoms with E-state index in [1.165, 1.54) is 18.3 Å². The molecule has 0 spiro atoms. The Balaban J connectivity index is 1.69. The number of anilines is 2. The van der Waals surface area contributed by atoms with Gasteiger partial charge in [0.05, 0.1) is 5.69 Å². The van der Waals surface area contributed by atoms with Crippen LogP contribution in [0.1, 0.15) is 21.6 Å². The molecule has 0 aliphatic heterocycles. The average Bonchev–Trinajstić information content (AvgIpc) is 2.63. The number of nitrogens with one attached hydrogen (secondary N) is 2. The monoisotopic (exact) mass is 336 g/mol. The molecule has 0 aliphatic rings. The van der Waals surface area contributed by atoms with E-state index in [1.807, 2.05) is 31.2 Å². The van der Waals surface area contributed by atoms with Crippen molar-refractivity contribution in [1.29, 1.82) is 0 Å². The van der Waals surface area contributed by atoms with Gasteiger partial charge >= 0.3 is 0 Å². The van der Waals surface area contributed by atoms with Gasteiger partial charge in [-0.15, -0.1) is 0 Å². The Morgan fingerprint density at radius 1 is 1.08 bits per heavy atom. The summed E-state index contributed by atoms with van der Waals surface area (Å²) in [6.07, 6.45) is 1.46. The van der Waals surface area contributed by atoms with Crippen molar-refractivity contribution < 1.29 is 9.18 Å². The van der Waals surface area contributed by atoms with Gasteiger partial charge in [-0.05, 0) is 36.2 Å². The minimum Gasteiger partial charge on any atom is -0.347 e. The zero-order valence-corrected chi connectivity index (χ0v) is 13.7. The third-order valence-electron chi connectivity index (χ3n) is 3.71. The number of carbonyl (C=O) groups is 1. The molecule has 1 heterocycles. The van der Waals surface area contributed by atoms with Crippen molar-refractivity contribution in [2.75, 3.05) is 5.32 Å². The summed E-state index contributed by atoms with van der Waals surface area (Å²) in [6.45, 7) is 2.40. The minimum atomic E-state index is -0.416. The maximum atomic E-state index is 13.7. The number of carbonyl (C=O) groups excluding carboxylic acids is 1. The van der Waals surface area contributed by atoms with Gasteiger partial charge in [-0.3, -0.25) is 4.79 Å². The van der Waals surface area contributed by atoms with Gasteiger partial charge in [-0.1, -0.05) is 36.4 Å². The van der Waals surface area contributed by atoms with Crippen molar-refractivity contribution in [2.24, 2.45) is 0 Å². The van der Waals surface area contributed by atoms with Crippen LogP contribution in [-0.4, -0.2) is 15.9 Å².